The van der Waals surface area contributed by atoms with Gasteiger partial charge in [0, 0.05) is 23.1 Å². The monoisotopic (exact) mass is 246 g/mol. The molecule has 1 aromatic carbocycles. The van der Waals surface area contributed by atoms with Crippen LogP contribution >= 0.6 is 0 Å². The Morgan fingerprint density at radius 3 is 2.78 bits per heavy atom. The zero-order valence-corrected chi connectivity index (χ0v) is 11.3. The van der Waals surface area contributed by atoms with Crippen molar-refractivity contribution >= 4 is 10.9 Å². The summed E-state index contributed by atoms with van der Waals surface area (Å²) in [5.41, 5.74) is 2.34. The van der Waals surface area contributed by atoms with E-state index in [0.29, 0.717) is 17.7 Å². The van der Waals surface area contributed by atoms with Gasteiger partial charge < -0.3 is 15.4 Å². The number of fused-ring (bicyclic) bond motifs is 1. The highest BCUT2D eigenvalue weighted by atomic mass is 16.3. The minimum absolute atomic E-state index is 0.326. The van der Waals surface area contributed by atoms with Crippen LogP contribution in [0.3, 0.4) is 0 Å². The molecule has 0 aliphatic heterocycles. The van der Waals surface area contributed by atoms with E-state index in [9.17, 15) is 5.11 Å². The van der Waals surface area contributed by atoms with Gasteiger partial charge in [-0.15, -0.1) is 0 Å². The SMILES string of the molecule is CC(C)C(C)NCCc1c[nH]c2ccc(O)cc12. The van der Waals surface area contributed by atoms with Crippen LogP contribution < -0.4 is 5.32 Å². The molecule has 3 N–H and O–H groups in total. The highest BCUT2D eigenvalue weighted by molar-refractivity contribution is 5.84. The van der Waals surface area contributed by atoms with Crippen molar-refractivity contribution in [3.05, 3.63) is 30.0 Å². The predicted molar refractivity (Wildman–Crippen MR) is 76.0 cm³/mol. The third-order valence-corrected chi connectivity index (χ3v) is 3.61. The number of hydrogen-bond donors (Lipinski definition) is 3. The lowest BCUT2D eigenvalue weighted by atomic mass is 10.1. The number of hydrogen-bond acceptors (Lipinski definition) is 2. The molecule has 1 heterocycles. The largest absolute Gasteiger partial charge is 0.508 e. The van der Waals surface area contributed by atoms with Crippen molar-refractivity contribution < 1.29 is 5.11 Å². The van der Waals surface area contributed by atoms with E-state index in [1.165, 1.54) is 5.56 Å². The lowest BCUT2D eigenvalue weighted by Crippen LogP contribution is -2.32. The zero-order chi connectivity index (χ0) is 13.1. The Morgan fingerprint density at radius 2 is 2.06 bits per heavy atom. The van der Waals surface area contributed by atoms with Crippen LogP contribution in [0.5, 0.6) is 5.75 Å². The van der Waals surface area contributed by atoms with Crippen molar-refractivity contribution in [3.63, 3.8) is 0 Å². The molecule has 18 heavy (non-hydrogen) atoms. The maximum atomic E-state index is 9.53. The van der Waals surface area contributed by atoms with Crippen molar-refractivity contribution in [2.45, 2.75) is 33.2 Å². The van der Waals surface area contributed by atoms with Gasteiger partial charge in [-0.05, 0) is 49.6 Å². The van der Waals surface area contributed by atoms with Crippen LogP contribution in [0.1, 0.15) is 26.3 Å². The molecule has 0 saturated carbocycles. The topological polar surface area (TPSA) is 48.0 Å². The van der Waals surface area contributed by atoms with Crippen molar-refractivity contribution in [1.82, 2.24) is 10.3 Å². The van der Waals surface area contributed by atoms with E-state index in [0.717, 1.165) is 23.9 Å². The molecule has 1 atom stereocenters. The molecule has 98 valence electrons. The normalized spacial score (nSPS) is 13.3. The van der Waals surface area contributed by atoms with Crippen LogP contribution in [0.2, 0.25) is 0 Å². The van der Waals surface area contributed by atoms with Crippen LogP contribution in [-0.4, -0.2) is 22.7 Å². The van der Waals surface area contributed by atoms with E-state index in [2.05, 4.69) is 31.1 Å². The molecule has 0 amide bonds. The van der Waals surface area contributed by atoms with Crippen LogP contribution in [0.4, 0.5) is 0 Å². The first-order valence-electron chi connectivity index (χ1n) is 6.60. The van der Waals surface area contributed by atoms with E-state index in [1.807, 2.05) is 18.3 Å². The molecule has 1 aromatic heterocycles. The second-order valence-corrected chi connectivity index (χ2v) is 5.28. The number of aromatic hydroxyl groups is 1. The minimum atomic E-state index is 0.326. The zero-order valence-electron chi connectivity index (χ0n) is 11.3. The number of phenols is 1. The summed E-state index contributed by atoms with van der Waals surface area (Å²) >= 11 is 0. The fraction of sp³-hybridized carbons (Fsp3) is 0.467. The molecular formula is C15H22N2O. The predicted octanol–water partition coefficient (Wildman–Crippen LogP) is 3.05. The standard InChI is InChI=1S/C15H22N2O/c1-10(2)11(3)16-7-6-12-9-17-15-5-4-13(18)8-14(12)15/h4-5,8-11,16-18H,6-7H2,1-3H3. The summed E-state index contributed by atoms with van der Waals surface area (Å²) in [5.74, 6) is 0.976. The molecule has 1 unspecified atom stereocenters. The fourth-order valence-electron chi connectivity index (χ4n) is 2.04. The Hall–Kier alpha value is -1.48. The Balaban J connectivity index is 2.01. The molecule has 2 aromatic rings. The Morgan fingerprint density at radius 1 is 1.28 bits per heavy atom. The lowest BCUT2D eigenvalue weighted by molar-refractivity contribution is 0.430. The third kappa shape index (κ3) is 2.85. The molecule has 2 rings (SSSR count). The van der Waals surface area contributed by atoms with E-state index < -0.39 is 0 Å². The van der Waals surface area contributed by atoms with Gasteiger partial charge in [0.25, 0.3) is 0 Å². The van der Waals surface area contributed by atoms with Crippen LogP contribution in [-0.2, 0) is 6.42 Å². The van der Waals surface area contributed by atoms with Gasteiger partial charge in [-0.3, -0.25) is 0 Å². The number of aromatic nitrogens is 1. The van der Waals surface area contributed by atoms with Gasteiger partial charge in [-0.25, -0.2) is 0 Å². The summed E-state index contributed by atoms with van der Waals surface area (Å²) in [5, 5.41) is 14.2. The maximum absolute atomic E-state index is 9.53. The molecule has 0 fully saturated rings. The smallest absolute Gasteiger partial charge is 0.116 e. The first-order chi connectivity index (χ1) is 8.58. The van der Waals surface area contributed by atoms with Crippen molar-refractivity contribution in [2.24, 2.45) is 5.92 Å². The molecule has 3 nitrogen and oxygen atoms in total. The van der Waals surface area contributed by atoms with Gasteiger partial charge in [0.1, 0.15) is 5.75 Å². The van der Waals surface area contributed by atoms with Gasteiger partial charge in [0.05, 0.1) is 0 Å². The first-order valence-corrected chi connectivity index (χ1v) is 6.60. The summed E-state index contributed by atoms with van der Waals surface area (Å²) in [6.07, 6.45) is 3.01. The van der Waals surface area contributed by atoms with Crippen molar-refractivity contribution in [1.29, 1.82) is 0 Å². The van der Waals surface area contributed by atoms with Gasteiger partial charge in [0.2, 0.25) is 0 Å². The van der Waals surface area contributed by atoms with Crippen LogP contribution in [0.25, 0.3) is 10.9 Å². The van der Waals surface area contributed by atoms with Gasteiger partial charge in [0.15, 0.2) is 0 Å². The van der Waals surface area contributed by atoms with Crippen LogP contribution in [0, 0.1) is 5.92 Å². The quantitative estimate of drug-likeness (QED) is 0.759. The Bertz CT molecular complexity index is 516. The summed E-state index contributed by atoms with van der Waals surface area (Å²) in [6.45, 7) is 7.62. The van der Waals surface area contributed by atoms with E-state index in [4.69, 9.17) is 0 Å². The number of rotatable bonds is 5. The third-order valence-electron chi connectivity index (χ3n) is 3.61. The number of phenolic OH excluding ortho intramolecular Hbond substituents is 1. The molecule has 0 aliphatic carbocycles. The second kappa shape index (κ2) is 5.44. The van der Waals surface area contributed by atoms with Gasteiger partial charge in [-0.2, -0.15) is 0 Å². The van der Waals surface area contributed by atoms with Crippen molar-refractivity contribution in [2.75, 3.05) is 6.54 Å². The molecule has 3 heteroatoms. The van der Waals surface area contributed by atoms with E-state index in [-0.39, 0.29) is 0 Å². The molecule has 0 bridgehead atoms. The van der Waals surface area contributed by atoms with E-state index in [1.54, 1.807) is 6.07 Å². The number of nitrogens with one attached hydrogen (secondary N) is 2. The number of benzene rings is 1. The summed E-state index contributed by atoms with van der Waals surface area (Å²) in [4.78, 5) is 3.24. The molecule has 0 saturated heterocycles. The summed E-state index contributed by atoms with van der Waals surface area (Å²) in [6, 6.07) is 5.98. The molecular weight excluding hydrogens is 224 g/mol. The van der Waals surface area contributed by atoms with Gasteiger partial charge >= 0.3 is 0 Å². The number of aromatic amines is 1. The Kier molecular flexibility index (Phi) is 3.92. The summed E-state index contributed by atoms with van der Waals surface area (Å²) in [7, 11) is 0. The first kappa shape index (κ1) is 13.0. The highest BCUT2D eigenvalue weighted by Crippen LogP contribution is 2.23. The van der Waals surface area contributed by atoms with Crippen LogP contribution in [0.15, 0.2) is 24.4 Å². The average Bonchev–Trinajstić information content (AvgIpc) is 2.71. The molecule has 0 spiro atoms. The molecule has 0 radical (unpaired) electrons. The second-order valence-electron chi connectivity index (χ2n) is 5.28. The molecule has 0 aliphatic rings. The fourth-order valence-corrected chi connectivity index (χ4v) is 2.04. The van der Waals surface area contributed by atoms with E-state index >= 15 is 0 Å². The number of H-pyrrole nitrogens is 1. The summed E-state index contributed by atoms with van der Waals surface area (Å²) < 4.78 is 0. The lowest BCUT2D eigenvalue weighted by Gasteiger charge is -2.17. The highest BCUT2D eigenvalue weighted by Gasteiger charge is 2.07. The van der Waals surface area contributed by atoms with Gasteiger partial charge in [-0.1, -0.05) is 13.8 Å². The minimum Gasteiger partial charge on any atom is -0.508 e. The maximum Gasteiger partial charge on any atom is 0.116 e. The van der Waals surface area contributed by atoms with Crippen molar-refractivity contribution in [3.8, 4) is 5.75 Å². The Labute approximate surface area is 108 Å². The average molecular weight is 246 g/mol.